The molecule has 2 rings (SSSR count). The fraction of sp³-hybridized carbons (Fsp3) is 0.667. The Morgan fingerprint density at radius 2 is 1.89 bits per heavy atom. The number of nitrogens with zero attached hydrogens (tertiary/aromatic N) is 2. The van der Waals surface area contributed by atoms with Crippen LogP contribution in [0, 0.1) is 0 Å². The van der Waals surface area contributed by atoms with Crippen molar-refractivity contribution in [1.82, 2.24) is 9.21 Å². The van der Waals surface area contributed by atoms with Gasteiger partial charge in [-0.25, -0.2) is 8.42 Å². The Morgan fingerprint density at radius 3 is 2.48 bits per heavy atom. The predicted octanol–water partition coefficient (Wildman–Crippen LogP) is 1.35. The molecule has 0 spiro atoms. The van der Waals surface area contributed by atoms with Crippen LogP contribution in [0.25, 0.3) is 0 Å². The quantitative estimate of drug-likeness (QED) is 0.432. The van der Waals surface area contributed by atoms with Crippen LogP contribution in [0.4, 0.5) is 0 Å². The second-order valence-electron chi connectivity index (χ2n) is 6.41. The topological polar surface area (TPSA) is 68.3 Å². The summed E-state index contributed by atoms with van der Waals surface area (Å²) in [5.74, 6) is 1.08. The third-order valence-corrected chi connectivity index (χ3v) is 7.04. The molecule has 0 aliphatic carbocycles. The van der Waals surface area contributed by atoms with Gasteiger partial charge in [-0.2, -0.15) is 16.9 Å². The molecule has 1 aromatic rings. The first-order valence-corrected chi connectivity index (χ1v) is 11.2. The van der Waals surface area contributed by atoms with E-state index in [2.05, 4.69) is 17.5 Å². The number of rotatable bonds is 11. The monoisotopic (exact) mass is 418 g/mol. The van der Waals surface area contributed by atoms with Gasteiger partial charge in [-0.1, -0.05) is 0 Å². The SMILES string of the molecule is COCCOc1ccc(S(=O)(=O)N(CCN2CCOCC2)C(C)CS)cc1. The summed E-state index contributed by atoms with van der Waals surface area (Å²) < 4.78 is 43.7. The van der Waals surface area contributed by atoms with Gasteiger partial charge in [0.05, 0.1) is 24.7 Å². The fourth-order valence-electron chi connectivity index (χ4n) is 2.82. The summed E-state index contributed by atoms with van der Waals surface area (Å²) in [4.78, 5) is 2.49. The molecule has 27 heavy (non-hydrogen) atoms. The molecule has 9 heteroatoms. The molecule has 0 aromatic heterocycles. The normalized spacial score (nSPS) is 17.2. The number of ether oxygens (including phenoxy) is 3. The average Bonchev–Trinajstić information content (AvgIpc) is 2.69. The number of methoxy groups -OCH3 is 1. The van der Waals surface area contributed by atoms with Gasteiger partial charge >= 0.3 is 0 Å². The third kappa shape index (κ3) is 6.62. The van der Waals surface area contributed by atoms with Crippen LogP contribution < -0.4 is 4.74 Å². The molecule has 0 radical (unpaired) electrons. The van der Waals surface area contributed by atoms with Gasteiger partial charge in [-0.15, -0.1) is 0 Å². The molecule has 0 bridgehead atoms. The smallest absolute Gasteiger partial charge is 0.243 e. The van der Waals surface area contributed by atoms with E-state index in [0.29, 0.717) is 51.0 Å². The number of morpholine rings is 1. The van der Waals surface area contributed by atoms with E-state index in [1.165, 1.54) is 4.31 Å². The lowest BCUT2D eigenvalue weighted by Crippen LogP contribution is -2.46. The van der Waals surface area contributed by atoms with E-state index in [1.54, 1.807) is 31.4 Å². The van der Waals surface area contributed by atoms with Gasteiger partial charge in [0, 0.05) is 45.1 Å². The van der Waals surface area contributed by atoms with Gasteiger partial charge in [0.25, 0.3) is 0 Å². The lowest BCUT2D eigenvalue weighted by atomic mass is 10.3. The number of benzene rings is 1. The van der Waals surface area contributed by atoms with Crippen LogP contribution in [-0.4, -0.2) is 89.1 Å². The number of hydrogen-bond donors (Lipinski definition) is 1. The molecule has 1 fully saturated rings. The van der Waals surface area contributed by atoms with E-state index in [1.807, 2.05) is 6.92 Å². The van der Waals surface area contributed by atoms with Crippen molar-refractivity contribution in [3.05, 3.63) is 24.3 Å². The average molecular weight is 419 g/mol. The van der Waals surface area contributed by atoms with E-state index < -0.39 is 10.0 Å². The fourth-order valence-corrected chi connectivity index (χ4v) is 4.75. The third-order valence-electron chi connectivity index (χ3n) is 4.48. The molecule has 1 aromatic carbocycles. The lowest BCUT2D eigenvalue weighted by molar-refractivity contribution is 0.0357. The molecule has 7 nitrogen and oxygen atoms in total. The van der Waals surface area contributed by atoms with Gasteiger partial charge in [0.2, 0.25) is 10.0 Å². The maximum atomic E-state index is 13.2. The summed E-state index contributed by atoms with van der Waals surface area (Å²) in [5, 5.41) is 0. The largest absolute Gasteiger partial charge is 0.491 e. The molecular weight excluding hydrogens is 388 g/mol. The number of thiol groups is 1. The van der Waals surface area contributed by atoms with Gasteiger partial charge in [-0.3, -0.25) is 4.90 Å². The Balaban J connectivity index is 2.07. The van der Waals surface area contributed by atoms with Crippen molar-refractivity contribution >= 4 is 22.7 Å². The highest BCUT2D eigenvalue weighted by Gasteiger charge is 2.29. The minimum Gasteiger partial charge on any atom is -0.491 e. The Bertz CT molecular complexity index is 648. The van der Waals surface area contributed by atoms with E-state index in [4.69, 9.17) is 14.2 Å². The van der Waals surface area contributed by atoms with Crippen LogP contribution >= 0.6 is 12.6 Å². The van der Waals surface area contributed by atoms with Crippen LogP contribution in [-0.2, 0) is 19.5 Å². The molecule has 0 amide bonds. The summed E-state index contributed by atoms with van der Waals surface area (Å²) in [6, 6.07) is 6.33. The number of hydrogen-bond acceptors (Lipinski definition) is 7. The minimum absolute atomic E-state index is 0.197. The van der Waals surface area contributed by atoms with Gasteiger partial charge in [-0.05, 0) is 31.2 Å². The van der Waals surface area contributed by atoms with Crippen LogP contribution in [0.15, 0.2) is 29.2 Å². The van der Waals surface area contributed by atoms with Crippen molar-refractivity contribution in [3.63, 3.8) is 0 Å². The molecule has 1 atom stereocenters. The van der Waals surface area contributed by atoms with Crippen molar-refractivity contribution < 1.29 is 22.6 Å². The highest BCUT2D eigenvalue weighted by atomic mass is 32.2. The number of sulfonamides is 1. The Kier molecular flexibility index (Phi) is 9.34. The zero-order valence-electron chi connectivity index (χ0n) is 16.0. The van der Waals surface area contributed by atoms with Gasteiger partial charge in [0.15, 0.2) is 0 Å². The zero-order valence-corrected chi connectivity index (χ0v) is 17.8. The maximum absolute atomic E-state index is 13.2. The standard InChI is InChI=1S/C18H30N2O5S2/c1-16(15-26)20(8-7-19-9-11-24-12-10-19)27(21,22)18-5-3-17(4-6-18)25-14-13-23-2/h3-6,16,26H,7-15H2,1-2H3. The molecule has 1 unspecified atom stereocenters. The first-order valence-electron chi connectivity index (χ1n) is 9.13. The second kappa shape index (κ2) is 11.2. The molecular formula is C18H30N2O5S2. The molecule has 1 aliphatic rings. The maximum Gasteiger partial charge on any atom is 0.243 e. The van der Waals surface area contributed by atoms with Crippen molar-refractivity contribution in [2.45, 2.75) is 17.9 Å². The molecule has 1 saturated heterocycles. The molecule has 1 aliphatic heterocycles. The summed E-state index contributed by atoms with van der Waals surface area (Å²) in [5.41, 5.74) is 0. The van der Waals surface area contributed by atoms with E-state index in [-0.39, 0.29) is 10.9 Å². The van der Waals surface area contributed by atoms with Crippen LogP contribution in [0.1, 0.15) is 6.92 Å². The van der Waals surface area contributed by atoms with Gasteiger partial charge < -0.3 is 14.2 Å². The first-order chi connectivity index (χ1) is 13.0. The first kappa shape index (κ1) is 22.4. The van der Waals surface area contributed by atoms with Gasteiger partial charge in [0.1, 0.15) is 12.4 Å². The lowest BCUT2D eigenvalue weighted by Gasteiger charge is -2.32. The van der Waals surface area contributed by atoms with Crippen LogP contribution in [0.5, 0.6) is 5.75 Å². The van der Waals surface area contributed by atoms with Crippen LogP contribution in [0.3, 0.4) is 0 Å². The summed E-state index contributed by atoms with van der Waals surface area (Å²) in [6.07, 6.45) is 0. The molecule has 0 N–H and O–H groups in total. The Hall–Kier alpha value is -0.840. The Morgan fingerprint density at radius 1 is 1.22 bits per heavy atom. The van der Waals surface area contributed by atoms with Crippen molar-refractivity contribution in [2.75, 3.05) is 65.5 Å². The minimum atomic E-state index is -3.61. The summed E-state index contributed by atoms with van der Waals surface area (Å²) in [6.45, 7) is 6.94. The van der Waals surface area contributed by atoms with E-state index in [0.717, 1.165) is 13.1 Å². The molecule has 0 saturated carbocycles. The summed E-state index contributed by atoms with van der Waals surface area (Å²) in [7, 11) is -2.00. The van der Waals surface area contributed by atoms with E-state index in [9.17, 15) is 8.42 Å². The molecule has 1 heterocycles. The van der Waals surface area contributed by atoms with Crippen molar-refractivity contribution in [2.24, 2.45) is 0 Å². The van der Waals surface area contributed by atoms with Crippen molar-refractivity contribution in [3.8, 4) is 5.75 Å². The molecule has 154 valence electrons. The van der Waals surface area contributed by atoms with E-state index >= 15 is 0 Å². The zero-order chi connectivity index (χ0) is 19.7. The van der Waals surface area contributed by atoms with Crippen LogP contribution in [0.2, 0.25) is 0 Å². The Labute approximate surface area is 168 Å². The second-order valence-corrected chi connectivity index (χ2v) is 8.67. The van der Waals surface area contributed by atoms with Crippen molar-refractivity contribution in [1.29, 1.82) is 0 Å². The highest BCUT2D eigenvalue weighted by molar-refractivity contribution is 7.89. The highest BCUT2D eigenvalue weighted by Crippen LogP contribution is 2.22. The predicted molar refractivity (Wildman–Crippen MR) is 108 cm³/mol. The summed E-state index contributed by atoms with van der Waals surface area (Å²) >= 11 is 4.31.